The van der Waals surface area contributed by atoms with Crippen molar-refractivity contribution in [3.63, 3.8) is 0 Å². The van der Waals surface area contributed by atoms with Gasteiger partial charge in [0.25, 0.3) is 0 Å². The van der Waals surface area contributed by atoms with Gasteiger partial charge in [0.15, 0.2) is 0 Å². The van der Waals surface area contributed by atoms with Crippen molar-refractivity contribution >= 4 is 5.69 Å². The molecule has 1 aliphatic rings. The van der Waals surface area contributed by atoms with Crippen molar-refractivity contribution in [1.82, 2.24) is 19.7 Å². The van der Waals surface area contributed by atoms with Crippen molar-refractivity contribution < 1.29 is 0 Å². The minimum atomic E-state index is 0.947. The average Bonchev–Trinajstić information content (AvgIpc) is 3.00. The van der Waals surface area contributed by atoms with Crippen molar-refractivity contribution in [1.29, 1.82) is 0 Å². The van der Waals surface area contributed by atoms with Gasteiger partial charge in [-0.15, -0.1) is 10.2 Å². The molecule has 5 heteroatoms. The van der Waals surface area contributed by atoms with Crippen LogP contribution in [-0.2, 0) is 32.4 Å². The van der Waals surface area contributed by atoms with Crippen LogP contribution in [0, 0.1) is 0 Å². The summed E-state index contributed by atoms with van der Waals surface area (Å²) < 4.78 is 2.35. The standard InChI is InChI=1S/C23H29N5/c1-26(2)21-11-8-20(9-12-21)18-27-15-14-23-25-24-22(28(23)17-16-27)13-10-19-6-4-3-5-7-19/h3-9,11-12H,10,13-18H2,1-2H3. The molecule has 0 atom stereocenters. The number of benzene rings is 2. The van der Waals surface area contributed by atoms with Crippen LogP contribution >= 0.6 is 0 Å². The molecule has 0 N–H and O–H groups in total. The molecular weight excluding hydrogens is 346 g/mol. The second kappa shape index (κ2) is 8.57. The fraction of sp³-hybridized carbons (Fsp3) is 0.391. The van der Waals surface area contributed by atoms with E-state index in [9.17, 15) is 0 Å². The molecule has 0 fully saturated rings. The fourth-order valence-corrected chi connectivity index (χ4v) is 3.83. The SMILES string of the molecule is CN(C)c1ccc(CN2CCc3nnc(CCc4ccccc4)n3CC2)cc1. The summed E-state index contributed by atoms with van der Waals surface area (Å²) in [5.74, 6) is 2.25. The minimum absolute atomic E-state index is 0.947. The van der Waals surface area contributed by atoms with Crippen LogP contribution in [0.1, 0.15) is 22.8 Å². The maximum absolute atomic E-state index is 4.48. The van der Waals surface area contributed by atoms with Gasteiger partial charge in [0.2, 0.25) is 0 Å². The van der Waals surface area contributed by atoms with E-state index in [0.717, 1.165) is 57.1 Å². The number of nitrogens with zero attached hydrogens (tertiary/aromatic N) is 5. The Morgan fingerprint density at radius 1 is 0.821 bits per heavy atom. The molecule has 1 aliphatic heterocycles. The van der Waals surface area contributed by atoms with Crippen molar-refractivity contribution in [2.24, 2.45) is 0 Å². The maximum atomic E-state index is 4.48. The molecule has 0 bridgehead atoms. The van der Waals surface area contributed by atoms with Crippen LogP contribution in [0.25, 0.3) is 0 Å². The second-order valence-corrected chi connectivity index (χ2v) is 7.76. The molecule has 146 valence electrons. The predicted molar refractivity (Wildman–Crippen MR) is 114 cm³/mol. The highest BCUT2D eigenvalue weighted by molar-refractivity contribution is 5.45. The van der Waals surface area contributed by atoms with E-state index in [1.54, 1.807) is 0 Å². The number of anilines is 1. The average molecular weight is 376 g/mol. The number of rotatable bonds is 6. The Bertz CT molecular complexity index is 883. The van der Waals surface area contributed by atoms with E-state index in [2.05, 4.69) is 93.3 Å². The van der Waals surface area contributed by atoms with Gasteiger partial charge in [0, 0.05) is 58.8 Å². The van der Waals surface area contributed by atoms with Crippen molar-refractivity contribution in [3.05, 3.63) is 77.4 Å². The van der Waals surface area contributed by atoms with Crippen molar-refractivity contribution in [2.45, 2.75) is 32.4 Å². The molecule has 0 radical (unpaired) electrons. The molecule has 2 aromatic carbocycles. The Morgan fingerprint density at radius 3 is 2.36 bits per heavy atom. The highest BCUT2D eigenvalue weighted by Crippen LogP contribution is 2.16. The molecule has 4 rings (SSSR count). The quantitative estimate of drug-likeness (QED) is 0.663. The van der Waals surface area contributed by atoms with Gasteiger partial charge < -0.3 is 9.47 Å². The summed E-state index contributed by atoms with van der Waals surface area (Å²) in [7, 11) is 4.16. The summed E-state index contributed by atoms with van der Waals surface area (Å²) in [6.45, 7) is 4.04. The van der Waals surface area contributed by atoms with E-state index in [0.29, 0.717) is 0 Å². The highest BCUT2D eigenvalue weighted by atomic mass is 15.3. The van der Waals surface area contributed by atoms with Crippen LogP contribution < -0.4 is 4.90 Å². The molecule has 28 heavy (non-hydrogen) atoms. The molecule has 2 heterocycles. The first kappa shape index (κ1) is 18.7. The van der Waals surface area contributed by atoms with Crippen LogP contribution in [0.2, 0.25) is 0 Å². The first-order chi connectivity index (χ1) is 13.7. The normalized spacial score (nSPS) is 14.5. The summed E-state index contributed by atoms with van der Waals surface area (Å²) in [5.41, 5.74) is 3.97. The zero-order chi connectivity index (χ0) is 19.3. The van der Waals surface area contributed by atoms with E-state index in [-0.39, 0.29) is 0 Å². The van der Waals surface area contributed by atoms with Crippen molar-refractivity contribution in [2.75, 3.05) is 32.1 Å². The first-order valence-electron chi connectivity index (χ1n) is 10.1. The lowest BCUT2D eigenvalue weighted by molar-refractivity contribution is 0.270. The van der Waals surface area contributed by atoms with Gasteiger partial charge in [-0.1, -0.05) is 42.5 Å². The molecule has 0 unspecified atom stereocenters. The van der Waals surface area contributed by atoms with E-state index < -0.39 is 0 Å². The van der Waals surface area contributed by atoms with Gasteiger partial charge in [0.1, 0.15) is 11.6 Å². The minimum Gasteiger partial charge on any atom is -0.378 e. The predicted octanol–water partition coefficient (Wildman–Crippen LogP) is 3.19. The summed E-state index contributed by atoms with van der Waals surface area (Å²) in [6, 6.07) is 19.5. The molecule has 0 spiro atoms. The zero-order valence-corrected chi connectivity index (χ0v) is 16.9. The van der Waals surface area contributed by atoms with Gasteiger partial charge in [-0.25, -0.2) is 0 Å². The zero-order valence-electron chi connectivity index (χ0n) is 16.9. The molecule has 3 aromatic rings. The molecule has 1 aromatic heterocycles. The van der Waals surface area contributed by atoms with E-state index in [4.69, 9.17) is 0 Å². The Hall–Kier alpha value is -2.66. The molecule has 5 nitrogen and oxygen atoms in total. The molecule has 0 aliphatic carbocycles. The summed E-state index contributed by atoms with van der Waals surface area (Å²) >= 11 is 0. The van der Waals surface area contributed by atoms with Crippen LogP contribution in [0.4, 0.5) is 5.69 Å². The van der Waals surface area contributed by atoms with Crippen LogP contribution in [0.3, 0.4) is 0 Å². The van der Waals surface area contributed by atoms with E-state index >= 15 is 0 Å². The van der Waals surface area contributed by atoms with Crippen LogP contribution in [0.5, 0.6) is 0 Å². The Balaban J connectivity index is 1.36. The fourth-order valence-electron chi connectivity index (χ4n) is 3.83. The lowest BCUT2D eigenvalue weighted by atomic mass is 10.1. The largest absolute Gasteiger partial charge is 0.378 e. The third-order valence-corrected chi connectivity index (χ3v) is 5.53. The van der Waals surface area contributed by atoms with E-state index in [1.165, 1.54) is 16.8 Å². The second-order valence-electron chi connectivity index (χ2n) is 7.76. The Labute approximate surface area is 167 Å². The lowest BCUT2D eigenvalue weighted by Gasteiger charge is -2.20. The topological polar surface area (TPSA) is 37.2 Å². The Kier molecular flexibility index (Phi) is 5.72. The van der Waals surface area contributed by atoms with Gasteiger partial charge in [-0.2, -0.15) is 0 Å². The van der Waals surface area contributed by atoms with Crippen molar-refractivity contribution in [3.8, 4) is 0 Å². The molecular formula is C23H29N5. The molecule has 0 saturated carbocycles. The number of fused-ring (bicyclic) bond motifs is 1. The summed E-state index contributed by atoms with van der Waals surface area (Å²) in [5, 5.41) is 8.96. The number of aryl methyl sites for hydroxylation is 2. The summed E-state index contributed by atoms with van der Waals surface area (Å²) in [6.07, 6.45) is 2.93. The molecule has 0 amide bonds. The summed E-state index contributed by atoms with van der Waals surface area (Å²) in [4.78, 5) is 4.67. The van der Waals surface area contributed by atoms with Crippen LogP contribution in [-0.4, -0.2) is 46.8 Å². The monoisotopic (exact) mass is 375 g/mol. The van der Waals surface area contributed by atoms with Gasteiger partial charge in [-0.3, -0.25) is 4.90 Å². The highest BCUT2D eigenvalue weighted by Gasteiger charge is 2.18. The van der Waals surface area contributed by atoms with E-state index in [1.807, 2.05) is 0 Å². The van der Waals surface area contributed by atoms with Gasteiger partial charge in [0.05, 0.1) is 0 Å². The number of aromatic nitrogens is 3. The van der Waals surface area contributed by atoms with Gasteiger partial charge in [-0.05, 0) is 29.7 Å². The molecule has 0 saturated heterocycles. The Morgan fingerprint density at radius 2 is 1.61 bits per heavy atom. The van der Waals surface area contributed by atoms with Gasteiger partial charge >= 0.3 is 0 Å². The lowest BCUT2D eigenvalue weighted by Crippen LogP contribution is -2.26. The number of hydrogen-bond acceptors (Lipinski definition) is 4. The maximum Gasteiger partial charge on any atom is 0.134 e. The number of hydrogen-bond donors (Lipinski definition) is 0. The third-order valence-electron chi connectivity index (χ3n) is 5.53. The third kappa shape index (κ3) is 4.42. The van der Waals surface area contributed by atoms with Crippen LogP contribution in [0.15, 0.2) is 54.6 Å². The first-order valence-corrected chi connectivity index (χ1v) is 10.1. The smallest absolute Gasteiger partial charge is 0.134 e.